The number of hydrogen-bond donors (Lipinski definition) is 1. The molecule has 1 rings (SSSR count). The van der Waals surface area contributed by atoms with E-state index >= 15 is 0 Å². The Morgan fingerprint density at radius 2 is 1.45 bits per heavy atom. The van der Waals surface area contributed by atoms with Crippen LogP contribution in [0.1, 0.15) is 93.4 Å². The van der Waals surface area contributed by atoms with Gasteiger partial charge in [-0.05, 0) is 80.7 Å². The van der Waals surface area contributed by atoms with Crippen molar-refractivity contribution in [3.05, 3.63) is 48.6 Å². The molecule has 0 heterocycles. The van der Waals surface area contributed by atoms with E-state index in [2.05, 4.69) is 105 Å². The number of esters is 1. The Morgan fingerprint density at radius 3 is 2.00 bits per heavy atom. The van der Waals surface area contributed by atoms with Gasteiger partial charge in [-0.15, -0.1) is 0 Å². The minimum absolute atomic E-state index is 0.0538. The third-order valence-electron chi connectivity index (χ3n) is 9.46. The van der Waals surface area contributed by atoms with Crippen LogP contribution < -0.4 is 0 Å². The molecule has 7 heteroatoms. The summed E-state index contributed by atoms with van der Waals surface area (Å²) in [5, 5.41) is 11.1. The maximum absolute atomic E-state index is 11.3. The quantitative estimate of drug-likeness (QED) is 0.106. The highest BCUT2D eigenvalue weighted by Crippen LogP contribution is 2.47. The van der Waals surface area contributed by atoms with E-state index < -0.39 is 22.7 Å². The second-order valence-electron chi connectivity index (χ2n) is 14.9. The first kappa shape index (κ1) is 38.8. The number of aliphatic hydroxyl groups is 1. The first-order chi connectivity index (χ1) is 19.4. The number of allylic oxidation sites excluding steroid dienone is 5. The van der Waals surface area contributed by atoms with Crippen LogP contribution in [0.25, 0.3) is 0 Å². The second kappa shape index (κ2) is 17.3. The Bertz CT molecular complexity index is 921. The zero-order valence-corrected chi connectivity index (χ0v) is 31.0. The molecule has 5 atom stereocenters. The van der Waals surface area contributed by atoms with E-state index in [9.17, 15) is 9.90 Å². The highest BCUT2D eigenvalue weighted by atomic mass is 28.4. The molecule has 0 aromatic carbocycles. The summed E-state index contributed by atoms with van der Waals surface area (Å²) >= 11 is 0. The van der Waals surface area contributed by atoms with Crippen molar-refractivity contribution >= 4 is 22.6 Å². The summed E-state index contributed by atoms with van der Waals surface area (Å²) in [7, 11) is -2.64. The van der Waals surface area contributed by atoms with Crippen LogP contribution in [-0.4, -0.2) is 53.1 Å². The van der Waals surface area contributed by atoms with E-state index in [1.54, 1.807) is 0 Å². The van der Waals surface area contributed by atoms with Gasteiger partial charge in [-0.25, -0.2) is 0 Å². The topological polar surface area (TPSA) is 65.0 Å². The van der Waals surface area contributed by atoms with Gasteiger partial charge < -0.3 is 18.7 Å². The molecule has 0 saturated heterocycles. The van der Waals surface area contributed by atoms with Crippen LogP contribution in [0.4, 0.5) is 0 Å². The molecule has 1 saturated carbocycles. The van der Waals surface area contributed by atoms with Crippen LogP contribution in [-0.2, 0) is 18.4 Å². The Morgan fingerprint density at radius 1 is 0.881 bits per heavy atom. The number of hydrogen-bond acceptors (Lipinski definition) is 5. The molecule has 1 aliphatic carbocycles. The molecular weight excluding hydrogens is 557 g/mol. The van der Waals surface area contributed by atoms with Crippen molar-refractivity contribution in [3.63, 3.8) is 0 Å². The minimum Gasteiger partial charge on any atom is -0.469 e. The SMILES string of the molecule is CC/C=C\C/C=C\C[C@@H]1[C@H](/C=C/[C@@H](O)C/C=C\CCC(=O)OC)[C@@H](O[Si](C)(C)C(C)(C)C)C[C@H]1O[Si](C)(C)C(C)(C)C. The van der Waals surface area contributed by atoms with Crippen molar-refractivity contribution in [1.82, 2.24) is 0 Å². The Labute approximate surface area is 261 Å². The molecule has 0 radical (unpaired) electrons. The number of methoxy groups -OCH3 is 1. The van der Waals surface area contributed by atoms with Crippen molar-refractivity contribution in [2.45, 2.75) is 148 Å². The zero-order chi connectivity index (χ0) is 32.2. The monoisotopic (exact) mass is 620 g/mol. The standard InChI is InChI=1S/C35H64O5Si2/c1-13-14-15-16-17-20-23-29-30(26-25-28(36)22-19-18-21-24-33(37)38-8)32(40-42(11,12)35(5,6)7)27-31(29)39-41(9,10)34(2,3)4/h14-15,17-20,25-26,28-32,36H,13,16,21-24,27H2,1-12H3/b15-14-,19-18-,20-17-,26-25+/t28-,29+,30-,31+,32-/m0/s1. The molecule has 0 bridgehead atoms. The fourth-order valence-electron chi connectivity index (χ4n) is 4.72. The normalized spacial score (nSPS) is 23.6. The van der Waals surface area contributed by atoms with Gasteiger partial charge in [0.1, 0.15) is 0 Å². The van der Waals surface area contributed by atoms with Crippen molar-refractivity contribution in [3.8, 4) is 0 Å². The molecule has 0 aromatic rings. The molecule has 0 amide bonds. The Hall–Kier alpha value is -1.26. The van der Waals surface area contributed by atoms with E-state index in [4.69, 9.17) is 13.6 Å². The maximum atomic E-state index is 11.3. The molecule has 1 aliphatic rings. The Balaban J connectivity index is 3.31. The smallest absolute Gasteiger partial charge is 0.305 e. The lowest BCUT2D eigenvalue weighted by molar-refractivity contribution is -0.140. The van der Waals surface area contributed by atoms with Gasteiger partial charge in [0.2, 0.25) is 0 Å². The predicted octanol–water partition coefficient (Wildman–Crippen LogP) is 9.52. The number of ether oxygens (including phenoxy) is 1. The third kappa shape index (κ3) is 12.8. The summed E-state index contributed by atoms with van der Waals surface area (Å²) in [6.07, 6.45) is 21.9. The van der Waals surface area contributed by atoms with E-state index in [-0.39, 0.29) is 40.1 Å². The third-order valence-corrected chi connectivity index (χ3v) is 18.5. The van der Waals surface area contributed by atoms with Crippen LogP contribution in [0.3, 0.4) is 0 Å². The van der Waals surface area contributed by atoms with E-state index in [1.165, 1.54) is 7.11 Å². The molecule has 1 fully saturated rings. The summed E-state index contributed by atoms with van der Waals surface area (Å²) in [5.41, 5.74) is 0. The second-order valence-corrected chi connectivity index (χ2v) is 24.4. The van der Waals surface area contributed by atoms with Crippen molar-refractivity contribution in [1.29, 1.82) is 0 Å². The fraction of sp³-hybridized carbons (Fsp3) is 0.743. The average molecular weight is 621 g/mol. The van der Waals surface area contributed by atoms with E-state index in [1.807, 2.05) is 18.2 Å². The highest BCUT2D eigenvalue weighted by Gasteiger charge is 2.50. The van der Waals surface area contributed by atoms with Gasteiger partial charge in [-0.2, -0.15) is 0 Å². The van der Waals surface area contributed by atoms with Gasteiger partial charge >= 0.3 is 5.97 Å². The lowest BCUT2D eigenvalue weighted by Crippen LogP contribution is -2.45. The Kier molecular flexibility index (Phi) is 16.0. The van der Waals surface area contributed by atoms with Crippen LogP contribution in [0, 0.1) is 11.8 Å². The predicted molar refractivity (Wildman–Crippen MR) is 184 cm³/mol. The molecule has 0 unspecified atom stereocenters. The average Bonchev–Trinajstić information content (AvgIpc) is 3.17. The lowest BCUT2D eigenvalue weighted by Gasteiger charge is -2.40. The van der Waals surface area contributed by atoms with Gasteiger partial charge in [-0.3, -0.25) is 4.79 Å². The zero-order valence-electron chi connectivity index (χ0n) is 29.0. The number of carbonyl (C=O) groups is 1. The summed E-state index contributed by atoms with van der Waals surface area (Å²) in [6, 6.07) is 0. The van der Waals surface area contributed by atoms with Crippen molar-refractivity contribution in [2.75, 3.05) is 7.11 Å². The molecule has 0 aromatic heterocycles. The van der Waals surface area contributed by atoms with Crippen molar-refractivity contribution in [2.24, 2.45) is 11.8 Å². The molecule has 242 valence electrons. The van der Waals surface area contributed by atoms with Crippen LogP contribution in [0.5, 0.6) is 0 Å². The van der Waals surface area contributed by atoms with Gasteiger partial charge in [-0.1, -0.05) is 97.1 Å². The van der Waals surface area contributed by atoms with Gasteiger partial charge in [0.15, 0.2) is 16.6 Å². The molecular formula is C35H64O5Si2. The lowest BCUT2D eigenvalue weighted by atomic mass is 9.89. The molecule has 42 heavy (non-hydrogen) atoms. The van der Waals surface area contributed by atoms with E-state index in [0.29, 0.717) is 19.3 Å². The molecule has 0 spiro atoms. The van der Waals surface area contributed by atoms with E-state index in [0.717, 1.165) is 25.7 Å². The summed E-state index contributed by atoms with van der Waals surface area (Å²) in [4.78, 5) is 11.3. The first-order valence-electron chi connectivity index (χ1n) is 16.1. The summed E-state index contributed by atoms with van der Waals surface area (Å²) < 4.78 is 19.0. The molecule has 5 nitrogen and oxygen atoms in total. The van der Waals surface area contributed by atoms with Gasteiger partial charge in [0, 0.05) is 12.3 Å². The minimum atomic E-state index is -2.03. The number of rotatable bonds is 16. The largest absolute Gasteiger partial charge is 0.469 e. The van der Waals surface area contributed by atoms with Gasteiger partial charge in [0.25, 0.3) is 0 Å². The molecule has 1 N–H and O–H groups in total. The van der Waals surface area contributed by atoms with Gasteiger partial charge in [0.05, 0.1) is 25.4 Å². The molecule has 0 aliphatic heterocycles. The van der Waals surface area contributed by atoms with Crippen LogP contribution in [0.2, 0.25) is 36.3 Å². The summed E-state index contributed by atoms with van der Waals surface area (Å²) in [5.74, 6) is 0.215. The van der Waals surface area contributed by atoms with Crippen LogP contribution >= 0.6 is 0 Å². The van der Waals surface area contributed by atoms with Crippen molar-refractivity contribution < 1.29 is 23.5 Å². The number of carbonyl (C=O) groups excluding carboxylic acids is 1. The maximum Gasteiger partial charge on any atom is 0.305 e. The first-order valence-corrected chi connectivity index (χ1v) is 21.9. The van der Waals surface area contributed by atoms with Crippen LogP contribution in [0.15, 0.2) is 48.6 Å². The number of aliphatic hydroxyl groups excluding tert-OH is 1. The fourth-order valence-corrected chi connectivity index (χ4v) is 7.46. The summed E-state index contributed by atoms with van der Waals surface area (Å²) in [6.45, 7) is 25.3. The highest BCUT2D eigenvalue weighted by molar-refractivity contribution is 6.74.